The zero-order valence-electron chi connectivity index (χ0n) is 9.66. The third-order valence-electron chi connectivity index (χ3n) is 3.74. The van der Waals surface area contributed by atoms with E-state index in [1.165, 1.54) is 19.0 Å². The fourth-order valence-corrected chi connectivity index (χ4v) is 3.32. The Bertz CT molecular complexity index is 276. The van der Waals surface area contributed by atoms with Crippen LogP contribution in [-0.4, -0.2) is 23.9 Å². The van der Waals surface area contributed by atoms with Crippen molar-refractivity contribution in [2.75, 3.05) is 12.4 Å². The highest BCUT2D eigenvalue weighted by atomic mass is 32.2. The molecule has 0 unspecified atom stereocenters. The summed E-state index contributed by atoms with van der Waals surface area (Å²) >= 11 is 1.27. The molecule has 3 rings (SSSR count). The van der Waals surface area contributed by atoms with Crippen molar-refractivity contribution in [3.63, 3.8) is 0 Å². The maximum absolute atomic E-state index is 10.7. The van der Waals surface area contributed by atoms with Crippen LogP contribution in [-0.2, 0) is 13.7 Å². The normalized spacial score (nSPS) is 37.1. The first-order valence-electron chi connectivity index (χ1n) is 5.67. The molecule has 2 bridgehead atoms. The molecule has 3 aliphatic rings. The maximum Gasteiger partial charge on any atom is 0.314 e. The summed E-state index contributed by atoms with van der Waals surface area (Å²) in [4.78, 5) is 10.7. The minimum atomic E-state index is -0.227. The molecule has 4 heteroatoms. The molecule has 2 aliphatic heterocycles. The van der Waals surface area contributed by atoms with Gasteiger partial charge in [-0.2, -0.15) is 0 Å². The number of fused-ring (bicyclic) bond motifs is 3. The van der Waals surface area contributed by atoms with E-state index in [1.807, 2.05) is 6.08 Å². The monoisotopic (exact) mass is 242 g/mol. The minimum Gasteiger partial charge on any atom is -0.392 e. The van der Waals surface area contributed by atoms with Gasteiger partial charge >= 0.3 is 5.97 Å². The molecule has 1 saturated carbocycles. The Morgan fingerprint density at radius 1 is 1.50 bits per heavy atom. The summed E-state index contributed by atoms with van der Waals surface area (Å²) in [7, 11) is 0. The Balaban J connectivity index is 1.87. The van der Waals surface area contributed by atoms with Gasteiger partial charge in [-0.15, -0.1) is 6.58 Å². The lowest BCUT2D eigenvalue weighted by molar-refractivity contribution is -0.149. The van der Waals surface area contributed by atoms with E-state index in [-0.39, 0.29) is 17.0 Å². The molecule has 0 spiro atoms. The van der Waals surface area contributed by atoms with Crippen LogP contribution in [0.3, 0.4) is 0 Å². The molecule has 3 nitrogen and oxygen atoms in total. The molecular weight excluding hydrogens is 224 g/mol. The van der Waals surface area contributed by atoms with Gasteiger partial charge in [-0.05, 0) is 25.7 Å². The van der Waals surface area contributed by atoms with Crippen molar-refractivity contribution in [3.8, 4) is 0 Å². The second-order valence-electron chi connectivity index (χ2n) is 4.89. The molecule has 1 aliphatic carbocycles. The minimum absolute atomic E-state index is 0.0617. The van der Waals surface area contributed by atoms with Crippen LogP contribution in [0.2, 0.25) is 0 Å². The van der Waals surface area contributed by atoms with E-state index < -0.39 is 0 Å². The van der Waals surface area contributed by atoms with Crippen molar-refractivity contribution in [1.82, 2.24) is 0 Å². The van der Waals surface area contributed by atoms with Crippen LogP contribution in [0.25, 0.3) is 0 Å². The van der Waals surface area contributed by atoms with Gasteiger partial charge in [0.15, 0.2) is 0 Å². The van der Waals surface area contributed by atoms with E-state index in [2.05, 4.69) is 6.58 Å². The third kappa shape index (κ3) is 2.28. The number of hydrogen-bond acceptors (Lipinski definition) is 4. The highest BCUT2D eigenvalue weighted by Gasteiger charge is 2.48. The number of ether oxygens (including phenoxy) is 1. The van der Waals surface area contributed by atoms with E-state index in [9.17, 15) is 4.79 Å². The smallest absolute Gasteiger partial charge is 0.314 e. The Labute approximate surface area is 101 Å². The van der Waals surface area contributed by atoms with E-state index in [0.717, 1.165) is 38.0 Å². The van der Waals surface area contributed by atoms with Crippen molar-refractivity contribution < 1.29 is 13.7 Å². The second kappa shape index (κ2) is 4.41. The molecule has 16 heavy (non-hydrogen) atoms. The van der Waals surface area contributed by atoms with Crippen LogP contribution in [0, 0.1) is 5.41 Å². The van der Waals surface area contributed by atoms with Gasteiger partial charge in [-0.1, -0.05) is 6.08 Å². The first kappa shape index (κ1) is 12.0. The summed E-state index contributed by atoms with van der Waals surface area (Å²) in [5.74, 6) is 0.620. The van der Waals surface area contributed by atoms with Gasteiger partial charge in [-0.25, -0.2) is 0 Å². The van der Waals surface area contributed by atoms with Gasteiger partial charge in [0.25, 0.3) is 0 Å². The molecule has 3 fully saturated rings. The zero-order valence-corrected chi connectivity index (χ0v) is 10.5. The van der Waals surface area contributed by atoms with Crippen molar-refractivity contribution in [1.29, 1.82) is 0 Å². The fourth-order valence-electron chi connectivity index (χ4n) is 2.48. The first-order valence-corrected chi connectivity index (χ1v) is 6.59. The predicted molar refractivity (Wildman–Crippen MR) is 64.0 cm³/mol. The summed E-state index contributed by atoms with van der Waals surface area (Å²) in [6.45, 7) is 6.07. The Hall–Kier alpha value is -0.480. The van der Waals surface area contributed by atoms with Crippen molar-refractivity contribution in [2.24, 2.45) is 5.41 Å². The number of carbonyl (C=O) groups is 1. The van der Waals surface area contributed by atoms with Gasteiger partial charge in [0.05, 0.1) is 24.3 Å². The molecule has 2 saturated heterocycles. The molecule has 0 aromatic carbocycles. The molecule has 0 radical (unpaired) electrons. The van der Waals surface area contributed by atoms with Gasteiger partial charge in [0.2, 0.25) is 0 Å². The van der Waals surface area contributed by atoms with Crippen molar-refractivity contribution in [2.45, 2.75) is 38.2 Å². The van der Waals surface area contributed by atoms with Gasteiger partial charge < -0.3 is 8.92 Å². The van der Waals surface area contributed by atoms with E-state index in [4.69, 9.17) is 8.92 Å². The Kier molecular flexibility index (Phi) is 3.31. The highest BCUT2D eigenvalue weighted by Crippen LogP contribution is 2.50. The summed E-state index contributed by atoms with van der Waals surface area (Å²) < 4.78 is 10.8. The van der Waals surface area contributed by atoms with Crippen LogP contribution >= 0.6 is 12.0 Å². The van der Waals surface area contributed by atoms with Crippen molar-refractivity contribution in [3.05, 3.63) is 12.7 Å². The van der Waals surface area contributed by atoms with E-state index in [1.54, 1.807) is 0 Å². The molecule has 0 aromatic rings. The second-order valence-corrected chi connectivity index (χ2v) is 5.59. The maximum atomic E-state index is 10.7. The zero-order chi connectivity index (χ0) is 11.6. The van der Waals surface area contributed by atoms with Crippen LogP contribution in [0.1, 0.15) is 32.6 Å². The average molecular weight is 242 g/mol. The topological polar surface area (TPSA) is 35.5 Å². The van der Waals surface area contributed by atoms with Crippen molar-refractivity contribution >= 4 is 18.0 Å². The first-order chi connectivity index (χ1) is 7.60. The highest BCUT2D eigenvalue weighted by molar-refractivity contribution is 7.95. The molecule has 0 aromatic heterocycles. The molecule has 0 amide bonds. The molecule has 2 heterocycles. The number of hydrogen-bond donors (Lipinski definition) is 0. The predicted octanol–water partition coefficient (Wildman–Crippen LogP) is 2.71. The molecular formula is C12H18O3S. The number of carbonyl (C=O) groups excluding carboxylic acids is 1. The van der Waals surface area contributed by atoms with E-state index in [0.29, 0.717) is 0 Å². The lowest BCUT2D eigenvalue weighted by Gasteiger charge is -2.51. The third-order valence-corrected chi connectivity index (χ3v) is 4.82. The van der Waals surface area contributed by atoms with Gasteiger partial charge in [-0.3, -0.25) is 4.79 Å². The summed E-state index contributed by atoms with van der Waals surface area (Å²) in [6.07, 6.45) is 6.35. The summed E-state index contributed by atoms with van der Waals surface area (Å²) in [5.41, 5.74) is 0.152. The van der Waals surface area contributed by atoms with Gasteiger partial charge in [0.1, 0.15) is 0 Å². The SMILES string of the molecule is C=CC12CCC(CSOC(C)=O)(CC1)CO2. The Morgan fingerprint density at radius 2 is 2.19 bits per heavy atom. The quantitative estimate of drug-likeness (QED) is 0.561. The van der Waals surface area contributed by atoms with Crippen LogP contribution in [0.15, 0.2) is 12.7 Å². The van der Waals surface area contributed by atoms with Crippen LogP contribution in [0.4, 0.5) is 0 Å². The molecule has 90 valence electrons. The fraction of sp³-hybridized carbons (Fsp3) is 0.750. The van der Waals surface area contributed by atoms with Gasteiger partial charge in [0, 0.05) is 18.1 Å². The standard InChI is InChI=1S/C12H18O3S/c1-3-12-6-4-11(5-7-12,8-14-12)9-16-15-10(2)13/h3H,1,4-9H2,2H3. The molecule has 0 N–H and O–H groups in total. The Morgan fingerprint density at radius 3 is 2.62 bits per heavy atom. The van der Waals surface area contributed by atoms with E-state index >= 15 is 0 Å². The largest absolute Gasteiger partial charge is 0.392 e. The lowest BCUT2D eigenvalue weighted by atomic mass is 9.67. The lowest BCUT2D eigenvalue weighted by Crippen LogP contribution is -2.51. The summed E-state index contributed by atoms with van der Waals surface area (Å²) in [6, 6.07) is 0. The van der Waals surface area contributed by atoms with Crippen LogP contribution < -0.4 is 0 Å². The number of rotatable bonds is 4. The summed E-state index contributed by atoms with van der Waals surface area (Å²) in [5, 5.41) is 0. The average Bonchev–Trinajstić information content (AvgIpc) is 2.31. The molecule has 0 atom stereocenters. The van der Waals surface area contributed by atoms with Crippen LogP contribution in [0.5, 0.6) is 0 Å².